The maximum absolute atomic E-state index is 11.3. The standard InChI is InChI=1S/C15H19NO2/c1-10(2)6-7-16-12-4-5-13-11(3)8-15(17)18-14(13)9-12/h4-5,8-10,16H,6-7H2,1-3H3. The average Bonchev–Trinajstić information content (AvgIpc) is 2.27. The van der Waals surface area contributed by atoms with Crippen LogP contribution in [0.4, 0.5) is 5.69 Å². The molecule has 0 fully saturated rings. The van der Waals surface area contributed by atoms with Gasteiger partial charge in [0, 0.05) is 29.8 Å². The topological polar surface area (TPSA) is 42.2 Å². The van der Waals surface area contributed by atoms with Gasteiger partial charge >= 0.3 is 5.63 Å². The van der Waals surface area contributed by atoms with Gasteiger partial charge in [0.1, 0.15) is 5.58 Å². The maximum Gasteiger partial charge on any atom is 0.336 e. The Bertz CT molecular complexity index is 599. The highest BCUT2D eigenvalue weighted by molar-refractivity contribution is 5.83. The van der Waals surface area contributed by atoms with E-state index in [0.29, 0.717) is 11.5 Å². The van der Waals surface area contributed by atoms with Crippen LogP contribution in [0.15, 0.2) is 33.5 Å². The normalized spacial score (nSPS) is 11.1. The number of fused-ring (bicyclic) bond motifs is 1. The van der Waals surface area contributed by atoms with Gasteiger partial charge in [-0.1, -0.05) is 13.8 Å². The summed E-state index contributed by atoms with van der Waals surface area (Å²) in [6.07, 6.45) is 1.12. The van der Waals surface area contributed by atoms with Gasteiger partial charge in [-0.25, -0.2) is 4.79 Å². The zero-order valence-electron chi connectivity index (χ0n) is 11.1. The molecule has 0 unspecified atom stereocenters. The number of anilines is 1. The molecule has 0 bridgehead atoms. The molecule has 1 aromatic carbocycles. The Labute approximate surface area is 107 Å². The van der Waals surface area contributed by atoms with Crippen LogP contribution < -0.4 is 10.9 Å². The highest BCUT2D eigenvalue weighted by Crippen LogP contribution is 2.20. The first-order chi connectivity index (χ1) is 8.56. The highest BCUT2D eigenvalue weighted by Gasteiger charge is 2.03. The van der Waals surface area contributed by atoms with Crippen LogP contribution in [0.5, 0.6) is 0 Å². The van der Waals surface area contributed by atoms with Crippen molar-refractivity contribution in [3.63, 3.8) is 0 Å². The summed E-state index contributed by atoms with van der Waals surface area (Å²) >= 11 is 0. The van der Waals surface area contributed by atoms with Crippen molar-refractivity contribution in [3.8, 4) is 0 Å². The molecule has 2 rings (SSSR count). The quantitative estimate of drug-likeness (QED) is 0.837. The maximum atomic E-state index is 11.3. The molecular weight excluding hydrogens is 226 g/mol. The molecule has 96 valence electrons. The fourth-order valence-electron chi connectivity index (χ4n) is 1.94. The van der Waals surface area contributed by atoms with E-state index in [1.54, 1.807) is 0 Å². The van der Waals surface area contributed by atoms with Crippen LogP contribution in [0.25, 0.3) is 11.0 Å². The van der Waals surface area contributed by atoms with Gasteiger partial charge in [-0.2, -0.15) is 0 Å². The van der Waals surface area contributed by atoms with Crippen LogP contribution in [-0.4, -0.2) is 6.54 Å². The zero-order chi connectivity index (χ0) is 13.1. The smallest absolute Gasteiger partial charge is 0.336 e. The SMILES string of the molecule is Cc1cc(=O)oc2cc(NCCC(C)C)ccc12. The lowest BCUT2D eigenvalue weighted by Crippen LogP contribution is -2.05. The van der Waals surface area contributed by atoms with Gasteiger partial charge in [0.25, 0.3) is 0 Å². The van der Waals surface area contributed by atoms with E-state index in [9.17, 15) is 4.79 Å². The fourth-order valence-corrected chi connectivity index (χ4v) is 1.94. The molecule has 0 radical (unpaired) electrons. The van der Waals surface area contributed by atoms with Gasteiger partial charge in [0.15, 0.2) is 0 Å². The van der Waals surface area contributed by atoms with Gasteiger partial charge in [-0.3, -0.25) is 0 Å². The lowest BCUT2D eigenvalue weighted by atomic mass is 10.1. The summed E-state index contributed by atoms with van der Waals surface area (Å²) in [5, 5.41) is 4.33. The Morgan fingerprint density at radius 3 is 2.78 bits per heavy atom. The predicted molar refractivity (Wildman–Crippen MR) is 75.2 cm³/mol. The van der Waals surface area contributed by atoms with Crippen molar-refractivity contribution in [2.45, 2.75) is 27.2 Å². The second kappa shape index (κ2) is 5.25. The Morgan fingerprint density at radius 2 is 2.06 bits per heavy atom. The summed E-state index contributed by atoms with van der Waals surface area (Å²) in [5.41, 5.74) is 2.31. The molecule has 0 saturated heterocycles. The first kappa shape index (κ1) is 12.7. The van der Waals surface area contributed by atoms with E-state index in [1.807, 2.05) is 25.1 Å². The molecule has 0 aliphatic heterocycles. The van der Waals surface area contributed by atoms with Crippen molar-refractivity contribution in [1.29, 1.82) is 0 Å². The van der Waals surface area contributed by atoms with Crippen LogP contribution >= 0.6 is 0 Å². The Morgan fingerprint density at radius 1 is 1.28 bits per heavy atom. The second-order valence-electron chi connectivity index (χ2n) is 5.07. The number of rotatable bonds is 4. The van der Waals surface area contributed by atoms with Crippen molar-refractivity contribution in [2.75, 3.05) is 11.9 Å². The molecule has 18 heavy (non-hydrogen) atoms. The predicted octanol–water partition coefficient (Wildman–Crippen LogP) is 3.56. The van der Waals surface area contributed by atoms with Gasteiger partial charge in [-0.15, -0.1) is 0 Å². The lowest BCUT2D eigenvalue weighted by molar-refractivity contribution is 0.560. The summed E-state index contributed by atoms with van der Waals surface area (Å²) in [4.78, 5) is 11.3. The summed E-state index contributed by atoms with van der Waals surface area (Å²) in [5.74, 6) is 0.679. The molecule has 0 amide bonds. The van der Waals surface area contributed by atoms with E-state index in [1.165, 1.54) is 6.07 Å². The number of hydrogen-bond donors (Lipinski definition) is 1. The Kier molecular flexibility index (Phi) is 3.70. The number of aryl methyl sites for hydroxylation is 1. The molecule has 0 atom stereocenters. The monoisotopic (exact) mass is 245 g/mol. The van der Waals surface area contributed by atoms with Gasteiger partial charge < -0.3 is 9.73 Å². The summed E-state index contributed by atoms with van der Waals surface area (Å²) in [6, 6.07) is 7.43. The Balaban J connectivity index is 2.24. The van der Waals surface area contributed by atoms with Crippen LogP contribution in [0, 0.1) is 12.8 Å². The third-order valence-corrected chi connectivity index (χ3v) is 3.00. The van der Waals surface area contributed by atoms with Crippen molar-refractivity contribution in [1.82, 2.24) is 0 Å². The van der Waals surface area contributed by atoms with E-state index < -0.39 is 0 Å². The average molecular weight is 245 g/mol. The van der Waals surface area contributed by atoms with Crippen molar-refractivity contribution >= 4 is 16.7 Å². The van der Waals surface area contributed by atoms with Crippen LogP contribution in [0.2, 0.25) is 0 Å². The molecule has 0 aliphatic rings. The minimum atomic E-state index is -0.292. The minimum absolute atomic E-state index is 0.292. The van der Waals surface area contributed by atoms with Crippen LogP contribution in [0.3, 0.4) is 0 Å². The first-order valence-electron chi connectivity index (χ1n) is 6.34. The number of benzene rings is 1. The van der Waals surface area contributed by atoms with Crippen molar-refractivity contribution in [3.05, 3.63) is 40.2 Å². The number of nitrogens with one attached hydrogen (secondary N) is 1. The molecule has 3 heteroatoms. The first-order valence-corrected chi connectivity index (χ1v) is 6.34. The molecule has 0 spiro atoms. The molecule has 1 heterocycles. The minimum Gasteiger partial charge on any atom is -0.423 e. The third kappa shape index (κ3) is 2.92. The van der Waals surface area contributed by atoms with Crippen molar-refractivity contribution < 1.29 is 4.42 Å². The van der Waals surface area contributed by atoms with Gasteiger partial charge in [-0.05, 0) is 37.0 Å². The second-order valence-corrected chi connectivity index (χ2v) is 5.07. The molecule has 0 aliphatic carbocycles. The molecule has 0 saturated carbocycles. The van der Waals surface area contributed by atoms with E-state index in [-0.39, 0.29) is 5.63 Å². The van der Waals surface area contributed by atoms with E-state index in [4.69, 9.17) is 4.42 Å². The summed E-state index contributed by atoms with van der Waals surface area (Å²) in [7, 11) is 0. The van der Waals surface area contributed by atoms with Crippen LogP contribution in [0.1, 0.15) is 25.8 Å². The Hall–Kier alpha value is -1.77. The van der Waals surface area contributed by atoms with Crippen LogP contribution in [-0.2, 0) is 0 Å². The van der Waals surface area contributed by atoms with E-state index >= 15 is 0 Å². The largest absolute Gasteiger partial charge is 0.423 e. The molecule has 1 aromatic heterocycles. The van der Waals surface area contributed by atoms with Gasteiger partial charge in [0.05, 0.1) is 0 Å². The molecular formula is C15H19NO2. The van der Waals surface area contributed by atoms with E-state index in [0.717, 1.165) is 29.6 Å². The molecule has 1 N–H and O–H groups in total. The lowest BCUT2D eigenvalue weighted by Gasteiger charge is -2.09. The fraction of sp³-hybridized carbons (Fsp3) is 0.400. The summed E-state index contributed by atoms with van der Waals surface area (Å²) in [6.45, 7) is 7.25. The van der Waals surface area contributed by atoms with Crippen molar-refractivity contribution in [2.24, 2.45) is 5.92 Å². The highest BCUT2D eigenvalue weighted by atomic mass is 16.4. The van der Waals surface area contributed by atoms with Gasteiger partial charge in [0.2, 0.25) is 0 Å². The molecule has 3 nitrogen and oxygen atoms in total. The molecule has 2 aromatic rings. The van der Waals surface area contributed by atoms with E-state index in [2.05, 4.69) is 19.2 Å². The zero-order valence-corrected chi connectivity index (χ0v) is 11.1. The summed E-state index contributed by atoms with van der Waals surface area (Å²) < 4.78 is 5.21. The third-order valence-electron chi connectivity index (χ3n) is 3.00. The number of hydrogen-bond acceptors (Lipinski definition) is 3.